The highest BCUT2D eigenvalue weighted by Gasteiger charge is 2.43. The molecule has 25 heavy (non-hydrogen) atoms. The third kappa shape index (κ3) is 2.81. The zero-order valence-electron chi connectivity index (χ0n) is 14.3. The van der Waals surface area contributed by atoms with Crippen molar-refractivity contribution in [1.29, 1.82) is 0 Å². The van der Waals surface area contributed by atoms with Crippen molar-refractivity contribution in [3.05, 3.63) is 64.7 Å². The van der Waals surface area contributed by atoms with Gasteiger partial charge in [-0.05, 0) is 29.7 Å². The van der Waals surface area contributed by atoms with Gasteiger partial charge in [0.05, 0.1) is 19.3 Å². The molecule has 5 heteroatoms. The van der Waals surface area contributed by atoms with Crippen molar-refractivity contribution < 1.29 is 18.3 Å². The molecule has 3 atom stereocenters. The fourth-order valence-electron chi connectivity index (χ4n) is 3.68. The highest BCUT2D eigenvalue weighted by Crippen LogP contribution is 2.45. The molecule has 0 radical (unpaired) electrons. The summed E-state index contributed by atoms with van der Waals surface area (Å²) in [6, 6.07) is 9.39. The van der Waals surface area contributed by atoms with Crippen molar-refractivity contribution >= 4 is 5.69 Å². The van der Waals surface area contributed by atoms with Gasteiger partial charge in [-0.1, -0.05) is 32.0 Å². The van der Waals surface area contributed by atoms with Crippen LogP contribution in [-0.2, 0) is 9.47 Å². The minimum atomic E-state index is -0.635. The van der Waals surface area contributed by atoms with Crippen LogP contribution in [0.5, 0.6) is 0 Å². The van der Waals surface area contributed by atoms with Crippen LogP contribution in [0.1, 0.15) is 48.6 Å². The maximum Gasteiger partial charge on any atom is 0.131 e. The van der Waals surface area contributed by atoms with E-state index in [0.717, 1.165) is 11.3 Å². The molecule has 2 heterocycles. The Morgan fingerprint density at radius 2 is 1.76 bits per heavy atom. The minimum absolute atomic E-state index is 0.00147. The molecule has 0 spiro atoms. The summed E-state index contributed by atoms with van der Waals surface area (Å²) in [5, 5.41) is 3.28. The molecule has 0 saturated carbocycles. The lowest BCUT2D eigenvalue weighted by molar-refractivity contribution is -0.151. The summed E-state index contributed by atoms with van der Waals surface area (Å²) in [4.78, 5) is 0. The second-order valence-corrected chi connectivity index (χ2v) is 6.89. The van der Waals surface area contributed by atoms with Gasteiger partial charge < -0.3 is 14.8 Å². The van der Waals surface area contributed by atoms with Gasteiger partial charge in [0, 0.05) is 16.8 Å². The number of fused-ring (bicyclic) bond motifs is 3. The molecule has 1 fully saturated rings. The number of hydrogen-bond donors (Lipinski definition) is 1. The van der Waals surface area contributed by atoms with Crippen molar-refractivity contribution in [3.8, 4) is 0 Å². The molecule has 0 bridgehead atoms. The summed E-state index contributed by atoms with van der Waals surface area (Å²) in [6.07, 6.45) is -0.817. The van der Waals surface area contributed by atoms with E-state index in [2.05, 4.69) is 25.2 Å². The van der Waals surface area contributed by atoms with E-state index in [-0.39, 0.29) is 11.7 Å². The van der Waals surface area contributed by atoms with Crippen LogP contribution in [0.3, 0.4) is 0 Å². The van der Waals surface area contributed by atoms with Crippen molar-refractivity contribution in [2.24, 2.45) is 0 Å². The molecule has 3 nitrogen and oxygen atoms in total. The normalized spacial score (nSPS) is 25.2. The molecular weight excluding hydrogens is 324 g/mol. The summed E-state index contributed by atoms with van der Waals surface area (Å²) in [5.74, 6) is -0.768. The van der Waals surface area contributed by atoms with E-state index in [1.807, 2.05) is 12.1 Å². The topological polar surface area (TPSA) is 30.5 Å². The SMILES string of the molecule is CC(C)c1ccc2c(c1)C1OCCO[C@@H]1[C@@H](c1c(F)cccc1F)N2. The molecular formula is C20H21F2NO2. The fraction of sp³-hybridized carbons (Fsp3) is 0.400. The number of ether oxygens (including phenoxy) is 2. The summed E-state index contributed by atoms with van der Waals surface area (Å²) in [6.45, 7) is 5.14. The maximum absolute atomic E-state index is 14.4. The number of anilines is 1. The first kappa shape index (κ1) is 16.5. The number of rotatable bonds is 2. The molecule has 1 unspecified atom stereocenters. The van der Waals surface area contributed by atoms with Crippen LogP contribution in [0, 0.1) is 11.6 Å². The molecule has 2 aliphatic rings. The number of hydrogen-bond acceptors (Lipinski definition) is 3. The third-order valence-electron chi connectivity index (χ3n) is 4.99. The van der Waals surface area contributed by atoms with Crippen LogP contribution < -0.4 is 5.32 Å². The standard InChI is InChI=1S/C20H21F2NO2/c1-11(2)12-6-7-16-13(10-12)19-20(25-9-8-24-19)18(23-16)17-14(21)4-3-5-15(17)22/h3-7,10-11,18-20,23H,8-9H2,1-2H3/t18-,19?,20-/m1/s1. The molecule has 132 valence electrons. The number of nitrogens with one attached hydrogen (secondary N) is 1. The highest BCUT2D eigenvalue weighted by atomic mass is 19.1. The van der Waals surface area contributed by atoms with Gasteiger partial charge in [-0.2, -0.15) is 0 Å². The van der Waals surface area contributed by atoms with Gasteiger partial charge in [0.25, 0.3) is 0 Å². The Morgan fingerprint density at radius 1 is 1.04 bits per heavy atom. The molecule has 0 aromatic heterocycles. The molecule has 1 N–H and O–H groups in total. The van der Waals surface area contributed by atoms with Crippen LogP contribution in [-0.4, -0.2) is 19.3 Å². The second-order valence-electron chi connectivity index (χ2n) is 6.89. The smallest absolute Gasteiger partial charge is 0.131 e. The number of benzene rings is 2. The maximum atomic E-state index is 14.4. The van der Waals surface area contributed by atoms with Gasteiger partial charge >= 0.3 is 0 Å². The summed E-state index contributed by atoms with van der Waals surface area (Å²) in [7, 11) is 0. The van der Waals surface area contributed by atoms with Gasteiger partial charge in [-0.15, -0.1) is 0 Å². The monoisotopic (exact) mass is 345 g/mol. The quantitative estimate of drug-likeness (QED) is 0.855. The van der Waals surface area contributed by atoms with Crippen LogP contribution in [0.15, 0.2) is 36.4 Å². The minimum Gasteiger partial charge on any atom is -0.375 e. The van der Waals surface area contributed by atoms with Crippen molar-refractivity contribution in [3.63, 3.8) is 0 Å². The van der Waals surface area contributed by atoms with Crippen LogP contribution in [0.2, 0.25) is 0 Å². The van der Waals surface area contributed by atoms with Gasteiger partial charge in [-0.3, -0.25) is 0 Å². The van der Waals surface area contributed by atoms with E-state index in [9.17, 15) is 8.78 Å². The Labute approximate surface area is 146 Å². The van der Waals surface area contributed by atoms with Gasteiger partial charge in [0.2, 0.25) is 0 Å². The van der Waals surface area contributed by atoms with E-state index in [1.54, 1.807) is 0 Å². The molecule has 2 aromatic rings. The van der Waals surface area contributed by atoms with Gasteiger partial charge in [-0.25, -0.2) is 8.78 Å². The molecule has 1 saturated heterocycles. The Morgan fingerprint density at radius 3 is 2.48 bits per heavy atom. The van der Waals surface area contributed by atoms with Crippen molar-refractivity contribution in [1.82, 2.24) is 0 Å². The first-order valence-corrected chi connectivity index (χ1v) is 8.63. The van der Waals surface area contributed by atoms with Crippen molar-refractivity contribution in [2.45, 2.75) is 38.0 Å². The lowest BCUT2D eigenvalue weighted by Crippen LogP contribution is -2.43. The average Bonchev–Trinajstić information content (AvgIpc) is 2.61. The van der Waals surface area contributed by atoms with Gasteiger partial charge in [0.1, 0.15) is 23.8 Å². The lowest BCUT2D eigenvalue weighted by Gasteiger charge is -2.43. The molecule has 0 amide bonds. The first-order valence-electron chi connectivity index (χ1n) is 8.63. The van der Waals surface area contributed by atoms with Crippen LogP contribution >= 0.6 is 0 Å². The lowest BCUT2D eigenvalue weighted by atomic mass is 9.85. The fourth-order valence-corrected chi connectivity index (χ4v) is 3.68. The summed E-state index contributed by atoms with van der Waals surface area (Å²) < 4.78 is 40.6. The Balaban J connectivity index is 1.81. The largest absolute Gasteiger partial charge is 0.375 e. The van der Waals surface area contributed by atoms with E-state index in [0.29, 0.717) is 19.1 Å². The predicted molar refractivity (Wildman–Crippen MR) is 91.7 cm³/mol. The van der Waals surface area contributed by atoms with E-state index in [4.69, 9.17) is 9.47 Å². The van der Waals surface area contributed by atoms with Crippen LogP contribution in [0.4, 0.5) is 14.5 Å². The average molecular weight is 345 g/mol. The highest BCUT2D eigenvalue weighted by molar-refractivity contribution is 5.59. The summed E-state index contributed by atoms with van der Waals surface area (Å²) >= 11 is 0. The Kier molecular flexibility index (Phi) is 4.21. The van der Waals surface area contributed by atoms with E-state index >= 15 is 0 Å². The second kappa shape index (κ2) is 6.39. The summed E-state index contributed by atoms with van der Waals surface area (Å²) in [5.41, 5.74) is 3.03. The molecule has 0 aliphatic carbocycles. The molecule has 4 rings (SSSR count). The number of halogens is 2. The third-order valence-corrected chi connectivity index (χ3v) is 4.99. The molecule has 2 aromatic carbocycles. The van der Waals surface area contributed by atoms with E-state index < -0.39 is 23.8 Å². The van der Waals surface area contributed by atoms with Crippen LogP contribution in [0.25, 0.3) is 0 Å². The zero-order valence-corrected chi connectivity index (χ0v) is 14.3. The Hall–Kier alpha value is -1.98. The van der Waals surface area contributed by atoms with Gasteiger partial charge in [0.15, 0.2) is 0 Å². The first-order chi connectivity index (χ1) is 12.1. The van der Waals surface area contributed by atoms with Crippen molar-refractivity contribution in [2.75, 3.05) is 18.5 Å². The molecule has 2 aliphatic heterocycles. The zero-order chi connectivity index (χ0) is 17.6. The Bertz CT molecular complexity index is 773. The van der Waals surface area contributed by atoms with E-state index in [1.165, 1.54) is 23.8 Å². The predicted octanol–water partition coefficient (Wildman–Crippen LogP) is 4.71.